The predicted octanol–water partition coefficient (Wildman–Crippen LogP) is 0.105. The molecule has 0 aliphatic carbocycles. The molecule has 0 saturated heterocycles. The summed E-state index contributed by atoms with van der Waals surface area (Å²) in [5, 5.41) is 9.29. The van der Waals surface area contributed by atoms with Crippen LogP contribution in [-0.2, 0) is 20.9 Å². The van der Waals surface area contributed by atoms with E-state index in [1.165, 1.54) is 14.0 Å². The van der Waals surface area contributed by atoms with Gasteiger partial charge in [-0.3, -0.25) is 0 Å². The van der Waals surface area contributed by atoms with E-state index >= 15 is 0 Å². The van der Waals surface area contributed by atoms with E-state index in [1.54, 1.807) is 0 Å². The topological polar surface area (TPSA) is 99.1 Å². The van der Waals surface area contributed by atoms with E-state index < -0.39 is 18.1 Å². The van der Waals surface area contributed by atoms with Crippen LogP contribution in [0.25, 0.3) is 0 Å². The maximum Gasteiger partial charge on any atom is 0.519 e. The van der Waals surface area contributed by atoms with Gasteiger partial charge in [-0.05, 0) is 13.0 Å². The minimum Gasteiger partial charge on any atom is -0.466 e. The molecule has 0 amide bonds. The molecule has 0 bridgehead atoms. The monoisotopic (exact) mass is 244 g/mol. The Balaban J connectivity index is 2.46. The van der Waals surface area contributed by atoms with Gasteiger partial charge in [-0.15, -0.1) is 0 Å². The fourth-order valence-electron chi connectivity index (χ4n) is 0.952. The second-order valence-electron chi connectivity index (χ2n) is 3.02. The Morgan fingerprint density at radius 2 is 2.24 bits per heavy atom. The second-order valence-corrected chi connectivity index (χ2v) is 3.02. The number of carbonyl (C=O) groups excluding carboxylic acids is 1. The highest BCUT2D eigenvalue weighted by molar-refractivity contribution is 5.81. The maximum atomic E-state index is 10.7. The van der Waals surface area contributed by atoms with Gasteiger partial charge in [0.2, 0.25) is 0 Å². The molecule has 7 nitrogen and oxygen atoms in total. The fourth-order valence-corrected chi connectivity index (χ4v) is 0.952. The summed E-state index contributed by atoms with van der Waals surface area (Å²) in [5.74, 6) is -0.987. The first-order valence-electron chi connectivity index (χ1n) is 4.68. The van der Waals surface area contributed by atoms with Crippen molar-refractivity contribution in [1.29, 1.82) is 0 Å². The number of aliphatic hydroxyl groups excluding tert-OH is 1. The summed E-state index contributed by atoms with van der Waals surface area (Å²) in [6.07, 6.45) is 0.802. The van der Waals surface area contributed by atoms with Crippen LogP contribution in [0.1, 0.15) is 11.5 Å². The molecule has 1 heterocycles. The van der Waals surface area contributed by atoms with E-state index in [0.717, 1.165) is 12.2 Å². The van der Waals surface area contributed by atoms with Gasteiger partial charge in [0, 0.05) is 6.08 Å². The lowest BCUT2D eigenvalue weighted by atomic mass is 10.4. The van der Waals surface area contributed by atoms with Crippen molar-refractivity contribution in [2.45, 2.75) is 19.8 Å². The quantitative estimate of drug-likeness (QED) is 0.445. The Labute approximate surface area is 96.2 Å². The Morgan fingerprint density at radius 3 is 2.76 bits per heavy atom. The van der Waals surface area contributed by atoms with E-state index in [1.807, 2.05) is 0 Å². The summed E-state index contributed by atoms with van der Waals surface area (Å²) < 4.78 is 18.4. The molecule has 0 aliphatic rings. The van der Waals surface area contributed by atoms with Crippen molar-refractivity contribution in [2.24, 2.45) is 0 Å². The summed E-state index contributed by atoms with van der Waals surface area (Å²) in [6.45, 7) is 1.38. The molecule has 0 fully saturated rings. The Hall–Kier alpha value is -1.86. The first kappa shape index (κ1) is 13.2. The number of carbonyl (C=O) groups is 1. The third-order valence-electron chi connectivity index (χ3n) is 1.82. The molecular weight excluding hydrogens is 232 g/mol. The van der Waals surface area contributed by atoms with Crippen LogP contribution in [-0.4, -0.2) is 24.5 Å². The maximum absolute atomic E-state index is 10.7. The second kappa shape index (κ2) is 6.02. The number of hydrogen-bond donors (Lipinski definition) is 1. The van der Waals surface area contributed by atoms with Gasteiger partial charge >= 0.3 is 11.8 Å². The molecule has 94 valence electrons. The number of aryl methyl sites for hydroxylation is 1. The van der Waals surface area contributed by atoms with Gasteiger partial charge in [-0.25, -0.2) is 9.59 Å². The van der Waals surface area contributed by atoms with Crippen LogP contribution in [0, 0.1) is 6.92 Å². The van der Waals surface area contributed by atoms with Crippen molar-refractivity contribution in [2.75, 3.05) is 7.11 Å². The molecule has 0 aromatic carbocycles. The van der Waals surface area contributed by atoms with Crippen LogP contribution < -0.4 is 5.82 Å². The third-order valence-corrected chi connectivity index (χ3v) is 1.82. The number of ether oxygens (including phenoxy) is 2. The average molecular weight is 244 g/mol. The minimum absolute atomic E-state index is 0.149. The van der Waals surface area contributed by atoms with Crippen LogP contribution in [0.5, 0.6) is 0 Å². The van der Waals surface area contributed by atoms with Crippen molar-refractivity contribution in [1.82, 2.24) is 0 Å². The molecule has 1 N–H and O–H groups in total. The molecule has 0 spiro atoms. The lowest BCUT2D eigenvalue weighted by molar-refractivity contribution is -0.135. The molecule has 1 aromatic rings. The lowest BCUT2D eigenvalue weighted by Crippen LogP contribution is -2.09. The zero-order chi connectivity index (χ0) is 12.8. The van der Waals surface area contributed by atoms with Crippen molar-refractivity contribution >= 4 is 5.97 Å². The van der Waals surface area contributed by atoms with Crippen LogP contribution in [0.2, 0.25) is 0 Å². The van der Waals surface area contributed by atoms with Crippen molar-refractivity contribution in [3.05, 3.63) is 34.3 Å². The van der Waals surface area contributed by atoms with Crippen molar-refractivity contribution in [3.8, 4) is 0 Å². The number of aliphatic hydroxyl groups is 1. The molecule has 1 unspecified atom stereocenters. The molecule has 17 heavy (non-hydrogen) atoms. The highest BCUT2D eigenvalue weighted by atomic mass is 16.6. The number of esters is 1. The molecule has 0 radical (unpaired) electrons. The van der Waals surface area contributed by atoms with Crippen LogP contribution in [0.15, 0.2) is 25.8 Å². The van der Waals surface area contributed by atoms with Crippen LogP contribution in [0.3, 0.4) is 0 Å². The van der Waals surface area contributed by atoms with Crippen LogP contribution in [0.4, 0.5) is 0 Å². The van der Waals surface area contributed by atoms with Gasteiger partial charge in [0.05, 0.1) is 7.11 Å². The van der Waals surface area contributed by atoms with Crippen LogP contribution >= 0.6 is 0 Å². The first-order valence-corrected chi connectivity index (χ1v) is 4.68. The van der Waals surface area contributed by atoms with Gasteiger partial charge in [0.25, 0.3) is 0 Å². The van der Waals surface area contributed by atoms with Crippen molar-refractivity contribution < 1.29 is 28.2 Å². The minimum atomic E-state index is -1.31. The summed E-state index contributed by atoms with van der Waals surface area (Å²) in [5.41, 5.74) is 0. The Kier molecular flexibility index (Phi) is 4.68. The normalized spacial score (nSPS) is 12.9. The number of hydrogen-bond acceptors (Lipinski definition) is 7. The summed E-state index contributed by atoms with van der Waals surface area (Å²) in [7, 11) is 1.21. The number of rotatable bonds is 5. The first-order chi connectivity index (χ1) is 8.02. The SMILES string of the molecule is COC(=O)/C=C/C(O)OCc1oc(=O)oc1C. The smallest absolute Gasteiger partial charge is 0.466 e. The van der Waals surface area contributed by atoms with Gasteiger partial charge in [0.1, 0.15) is 12.4 Å². The van der Waals surface area contributed by atoms with E-state index in [0.29, 0.717) is 0 Å². The summed E-state index contributed by atoms with van der Waals surface area (Å²) in [6, 6.07) is 0. The summed E-state index contributed by atoms with van der Waals surface area (Å²) in [4.78, 5) is 21.4. The largest absolute Gasteiger partial charge is 0.519 e. The van der Waals surface area contributed by atoms with E-state index in [2.05, 4.69) is 13.6 Å². The van der Waals surface area contributed by atoms with Gasteiger partial charge in [-0.1, -0.05) is 0 Å². The van der Waals surface area contributed by atoms with Gasteiger partial charge < -0.3 is 23.4 Å². The van der Waals surface area contributed by atoms with E-state index in [4.69, 9.17) is 4.74 Å². The summed E-state index contributed by atoms with van der Waals surface area (Å²) >= 11 is 0. The molecule has 0 saturated carbocycles. The van der Waals surface area contributed by atoms with E-state index in [-0.39, 0.29) is 18.1 Å². The highest BCUT2D eigenvalue weighted by Gasteiger charge is 2.10. The fraction of sp³-hybridized carbons (Fsp3) is 0.400. The molecule has 1 aromatic heterocycles. The standard InChI is InChI=1S/C10H12O7/c1-6-7(17-10(13)16-6)5-15-9(12)4-3-8(11)14-2/h3-4,9,12H,5H2,1-2H3/b4-3+. The zero-order valence-electron chi connectivity index (χ0n) is 9.34. The van der Waals surface area contributed by atoms with Crippen molar-refractivity contribution in [3.63, 3.8) is 0 Å². The lowest BCUT2D eigenvalue weighted by Gasteiger charge is -2.05. The van der Waals surface area contributed by atoms with E-state index in [9.17, 15) is 14.7 Å². The molecule has 1 rings (SSSR count). The van der Waals surface area contributed by atoms with Gasteiger partial charge in [0.15, 0.2) is 12.1 Å². The Morgan fingerprint density at radius 1 is 1.53 bits per heavy atom. The molecule has 0 aliphatic heterocycles. The zero-order valence-corrected chi connectivity index (χ0v) is 9.34. The third kappa shape index (κ3) is 4.25. The van der Waals surface area contributed by atoms with Gasteiger partial charge in [-0.2, -0.15) is 0 Å². The Bertz CT molecular complexity index is 453. The molecule has 7 heteroatoms. The average Bonchev–Trinajstić information content (AvgIpc) is 2.62. The molecule has 1 atom stereocenters. The predicted molar refractivity (Wildman–Crippen MR) is 53.9 cm³/mol. The molecular formula is C10H12O7. The number of methoxy groups -OCH3 is 1. The highest BCUT2D eigenvalue weighted by Crippen LogP contribution is 2.07.